The number of imidazole rings is 1. The number of aromatic nitrogens is 5. The van der Waals surface area contributed by atoms with Crippen LogP contribution in [0.1, 0.15) is 19.8 Å². The number of carbonyl (C=O) groups excluding carboxylic acids is 1. The second-order valence-electron chi connectivity index (χ2n) is 9.66. The first-order valence-electron chi connectivity index (χ1n) is 12.3. The number of aliphatic hydroxyl groups is 1. The molecule has 1 aromatic carbocycles. The third-order valence-corrected chi connectivity index (χ3v) is 7.32. The number of amides is 1. The summed E-state index contributed by atoms with van der Waals surface area (Å²) < 4.78 is 16.8. The molecule has 4 heterocycles. The Labute approximate surface area is 223 Å². The molecule has 3 N–H and O–H groups in total. The number of likely N-dealkylation sites (N-methyl/N-ethyl adjacent to an activating group) is 1. The summed E-state index contributed by atoms with van der Waals surface area (Å²) in [4.78, 5) is 34.6. The smallest absolute Gasteiger partial charge is 0.229 e. The first-order valence-corrected chi connectivity index (χ1v) is 12.6. The van der Waals surface area contributed by atoms with Crippen LogP contribution in [0.15, 0.2) is 42.6 Å². The summed E-state index contributed by atoms with van der Waals surface area (Å²) in [7, 11) is 1.78. The SMILES string of the molecule is CN(CCO)c1nc(N2CCC(C)(C(N)=O)CC2)c2nc(-c3ncccc3F)n(-c3ccc(Cl)cc3)c2n1. The van der Waals surface area contributed by atoms with Crippen LogP contribution in [0.4, 0.5) is 16.2 Å². The van der Waals surface area contributed by atoms with Crippen LogP contribution < -0.4 is 15.5 Å². The molecular weight excluding hydrogens is 511 g/mol. The van der Waals surface area contributed by atoms with Gasteiger partial charge in [0.25, 0.3) is 0 Å². The summed E-state index contributed by atoms with van der Waals surface area (Å²) >= 11 is 6.15. The number of rotatable bonds is 7. The number of anilines is 2. The van der Waals surface area contributed by atoms with Gasteiger partial charge in [-0.15, -0.1) is 0 Å². The summed E-state index contributed by atoms with van der Waals surface area (Å²) in [5.74, 6) is 0.324. The number of benzene rings is 1. The van der Waals surface area contributed by atoms with E-state index in [0.29, 0.717) is 66.1 Å². The molecule has 198 valence electrons. The van der Waals surface area contributed by atoms with Gasteiger partial charge in [-0.05, 0) is 49.2 Å². The predicted molar refractivity (Wildman–Crippen MR) is 144 cm³/mol. The van der Waals surface area contributed by atoms with E-state index in [9.17, 15) is 9.90 Å². The number of nitrogens with two attached hydrogens (primary N) is 1. The van der Waals surface area contributed by atoms with Gasteiger partial charge in [0.2, 0.25) is 11.9 Å². The second kappa shape index (κ2) is 10.1. The maximum atomic E-state index is 15.0. The van der Waals surface area contributed by atoms with Crippen molar-refractivity contribution < 1.29 is 14.3 Å². The number of halogens is 2. The molecule has 10 nitrogen and oxygen atoms in total. The van der Waals surface area contributed by atoms with Crippen LogP contribution in [-0.2, 0) is 4.79 Å². The van der Waals surface area contributed by atoms with Crippen molar-refractivity contribution in [1.29, 1.82) is 0 Å². The third kappa shape index (κ3) is 4.63. The Morgan fingerprint density at radius 2 is 1.89 bits per heavy atom. The van der Waals surface area contributed by atoms with E-state index in [1.54, 1.807) is 40.8 Å². The minimum absolute atomic E-state index is 0.0663. The van der Waals surface area contributed by atoms with Crippen LogP contribution >= 0.6 is 11.6 Å². The quantitative estimate of drug-likeness (QED) is 0.367. The molecular formula is C26H28ClFN8O2. The van der Waals surface area contributed by atoms with E-state index in [-0.39, 0.29) is 24.0 Å². The summed E-state index contributed by atoms with van der Waals surface area (Å²) in [5, 5.41) is 10.1. The number of fused-ring (bicyclic) bond motifs is 1. The van der Waals surface area contributed by atoms with Gasteiger partial charge in [0.15, 0.2) is 28.6 Å². The number of hydrogen-bond acceptors (Lipinski definition) is 8. The molecule has 0 spiro atoms. The highest BCUT2D eigenvalue weighted by molar-refractivity contribution is 6.30. The molecule has 0 radical (unpaired) electrons. The number of hydrogen-bond donors (Lipinski definition) is 2. The minimum atomic E-state index is -0.607. The second-order valence-corrected chi connectivity index (χ2v) is 10.1. The molecule has 12 heteroatoms. The van der Waals surface area contributed by atoms with Crippen LogP contribution in [0, 0.1) is 11.2 Å². The van der Waals surface area contributed by atoms with Gasteiger partial charge in [-0.3, -0.25) is 9.36 Å². The molecule has 3 aromatic heterocycles. The lowest BCUT2D eigenvalue weighted by atomic mass is 9.80. The molecule has 5 rings (SSSR count). The highest BCUT2D eigenvalue weighted by atomic mass is 35.5. The molecule has 0 bridgehead atoms. The van der Waals surface area contributed by atoms with Gasteiger partial charge in [0, 0.05) is 49.0 Å². The topological polar surface area (TPSA) is 126 Å². The Morgan fingerprint density at radius 3 is 2.53 bits per heavy atom. The number of aliphatic hydroxyl groups excluding tert-OH is 1. The molecule has 1 aliphatic rings. The fourth-order valence-corrected chi connectivity index (χ4v) is 4.70. The summed E-state index contributed by atoms with van der Waals surface area (Å²) in [6.07, 6.45) is 2.61. The van der Waals surface area contributed by atoms with Crippen LogP contribution in [0.2, 0.25) is 5.02 Å². The lowest BCUT2D eigenvalue weighted by molar-refractivity contribution is -0.127. The average molecular weight is 539 g/mol. The van der Waals surface area contributed by atoms with Gasteiger partial charge in [0.05, 0.1) is 6.61 Å². The third-order valence-electron chi connectivity index (χ3n) is 7.07. The maximum absolute atomic E-state index is 15.0. The van der Waals surface area contributed by atoms with Crippen molar-refractivity contribution in [2.24, 2.45) is 11.1 Å². The number of nitrogens with zero attached hydrogens (tertiary/aromatic N) is 7. The van der Waals surface area contributed by atoms with Crippen molar-refractivity contribution in [3.63, 3.8) is 0 Å². The zero-order valence-corrected chi connectivity index (χ0v) is 21.9. The summed E-state index contributed by atoms with van der Waals surface area (Å²) in [6.45, 7) is 3.14. The van der Waals surface area contributed by atoms with Crippen molar-refractivity contribution >= 4 is 40.4 Å². The predicted octanol–water partition coefficient (Wildman–Crippen LogP) is 3.19. The molecule has 1 fully saturated rings. The Balaban J connectivity index is 1.76. The largest absolute Gasteiger partial charge is 0.395 e. The molecule has 0 saturated carbocycles. The van der Waals surface area contributed by atoms with Gasteiger partial charge >= 0.3 is 0 Å². The fraction of sp³-hybridized carbons (Fsp3) is 0.346. The van der Waals surface area contributed by atoms with Crippen LogP contribution in [0.5, 0.6) is 0 Å². The van der Waals surface area contributed by atoms with E-state index in [4.69, 9.17) is 32.3 Å². The summed E-state index contributed by atoms with van der Waals surface area (Å²) in [6, 6.07) is 9.91. The van der Waals surface area contributed by atoms with Crippen LogP contribution in [-0.4, -0.2) is 68.8 Å². The van der Waals surface area contributed by atoms with Crippen molar-refractivity contribution in [2.75, 3.05) is 43.1 Å². The first kappa shape index (κ1) is 25.8. The van der Waals surface area contributed by atoms with Gasteiger partial charge in [-0.25, -0.2) is 14.4 Å². The van der Waals surface area contributed by atoms with E-state index < -0.39 is 11.2 Å². The highest BCUT2D eigenvalue weighted by Gasteiger charge is 2.37. The molecule has 4 aromatic rings. The lowest BCUT2D eigenvalue weighted by Gasteiger charge is -2.38. The minimum Gasteiger partial charge on any atom is -0.395 e. The fourth-order valence-electron chi connectivity index (χ4n) is 4.58. The van der Waals surface area contributed by atoms with E-state index in [0.717, 1.165) is 0 Å². The molecule has 0 aliphatic carbocycles. The zero-order chi connectivity index (χ0) is 27.0. The molecule has 1 saturated heterocycles. The van der Waals surface area contributed by atoms with E-state index in [1.165, 1.54) is 18.3 Å². The van der Waals surface area contributed by atoms with Crippen LogP contribution in [0.25, 0.3) is 28.4 Å². The Bertz CT molecular complexity index is 1480. The van der Waals surface area contributed by atoms with E-state index in [2.05, 4.69) is 4.98 Å². The average Bonchev–Trinajstić information content (AvgIpc) is 3.29. The molecule has 0 atom stereocenters. The van der Waals surface area contributed by atoms with Crippen molar-refractivity contribution in [3.8, 4) is 17.2 Å². The standard InChI is InChI=1S/C26H28ClFN8O2/c1-26(24(29)38)9-12-35(13-10-26)21-20-23(33-25(32-21)34(2)14-15-37)36(17-7-5-16(27)6-8-17)22(31-20)19-18(28)4-3-11-30-19/h3-8,11,37H,9-10,12-15H2,1-2H3,(H2,29,38). The van der Waals surface area contributed by atoms with E-state index in [1.807, 2.05) is 11.8 Å². The Kier molecular flexibility index (Phi) is 6.89. The van der Waals surface area contributed by atoms with Gasteiger partial charge in [-0.2, -0.15) is 9.97 Å². The van der Waals surface area contributed by atoms with E-state index >= 15 is 4.39 Å². The lowest BCUT2D eigenvalue weighted by Crippen LogP contribution is -2.45. The van der Waals surface area contributed by atoms with Crippen molar-refractivity contribution in [1.82, 2.24) is 24.5 Å². The normalized spacial score (nSPS) is 15.1. The van der Waals surface area contributed by atoms with Crippen molar-refractivity contribution in [2.45, 2.75) is 19.8 Å². The van der Waals surface area contributed by atoms with Crippen LogP contribution in [0.3, 0.4) is 0 Å². The molecule has 38 heavy (non-hydrogen) atoms. The summed E-state index contributed by atoms with van der Waals surface area (Å²) in [5.41, 5.74) is 6.70. The zero-order valence-electron chi connectivity index (χ0n) is 21.1. The number of carbonyl (C=O) groups is 1. The first-order chi connectivity index (χ1) is 18.2. The maximum Gasteiger partial charge on any atom is 0.229 e. The molecule has 0 unspecified atom stereocenters. The monoisotopic (exact) mass is 538 g/mol. The Morgan fingerprint density at radius 1 is 1.18 bits per heavy atom. The Hall–Kier alpha value is -3.83. The van der Waals surface area contributed by atoms with Gasteiger partial charge in [0.1, 0.15) is 5.69 Å². The van der Waals surface area contributed by atoms with Gasteiger partial charge in [-0.1, -0.05) is 18.5 Å². The van der Waals surface area contributed by atoms with Gasteiger partial charge < -0.3 is 20.6 Å². The number of piperidine rings is 1. The highest BCUT2D eigenvalue weighted by Crippen LogP contribution is 2.37. The molecule has 1 aliphatic heterocycles. The number of primary amides is 1. The number of pyridine rings is 1. The van der Waals surface area contributed by atoms with Crippen molar-refractivity contribution in [3.05, 3.63) is 53.4 Å². The molecule has 1 amide bonds.